The Hall–Kier alpha value is -1.95. The quantitative estimate of drug-likeness (QED) is 0.740. The molecule has 1 unspecified atom stereocenters. The fourth-order valence-corrected chi connectivity index (χ4v) is 3.13. The number of carbonyl (C=O) groups is 2. The van der Waals surface area contributed by atoms with Crippen LogP contribution < -0.4 is 16.0 Å². The maximum Gasteiger partial charge on any atom is 0.249 e. The minimum atomic E-state index is -0.560. The van der Waals surface area contributed by atoms with Gasteiger partial charge in [-0.2, -0.15) is 0 Å². The average Bonchev–Trinajstić information content (AvgIpc) is 2.53. The van der Waals surface area contributed by atoms with Crippen LogP contribution >= 0.6 is 0 Å². The Balaban J connectivity index is 1.76. The van der Waals surface area contributed by atoms with E-state index in [1.54, 1.807) is 6.07 Å². The van der Waals surface area contributed by atoms with Crippen LogP contribution in [0, 0.1) is 5.82 Å². The largest absolute Gasteiger partial charge is 0.371 e. The summed E-state index contributed by atoms with van der Waals surface area (Å²) in [6, 6.07) is 4.72. The van der Waals surface area contributed by atoms with Crippen LogP contribution in [0.3, 0.4) is 0 Å². The minimum absolute atomic E-state index is 0.213. The summed E-state index contributed by atoms with van der Waals surface area (Å²) in [7, 11) is 0. The van der Waals surface area contributed by atoms with E-state index in [-0.39, 0.29) is 30.0 Å². The van der Waals surface area contributed by atoms with Gasteiger partial charge >= 0.3 is 0 Å². The second-order valence-electron chi connectivity index (χ2n) is 5.88. The lowest BCUT2D eigenvalue weighted by Crippen LogP contribution is -2.47. The number of carbonyl (C=O) groups excluding carboxylic acids is 2. The van der Waals surface area contributed by atoms with E-state index in [4.69, 9.17) is 0 Å². The molecule has 2 aliphatic rings. The van der Waals surface area contributed by atoms with E-state index in [0.717, 1.165) is 25.9 Å². The monoisotopic (exact) mass is 305 g/mol. The zero-order valence-electron chi connectivity index (χ0n) is 12.3. The summed E-state index contributed by atoms with van der Waals surface area (Å²) in [6.07, 6.45) is 2.50. The first kappa shape index (κ1) is 15.0. The number of piperidine rings is 2. The Morgan fingerprint density at radius 1 is 1.14 bits per heavy atom. The van der Waals surface area contributed by atoms with Gasteiger partial charge in [0, 0.05) is 6.42 Å². The topological polar surface area (TPSA) is 70.2 Å². The van der Waals surface area contributed by atoms with E-state index in [9.17, 15) is 14.0 Å². The van der Waals surface area contributed by atoms with Gasteiger partial charge in [-0.25, -0.2) is 4.39 Å². The van der Waals surface area contributed by atoms with Crippen LogP contribution in [-0.2, 0) is 9.59 Å². The van der Waals surface area contributed by atoms with Crippen molar-refractivity contribution in [3.63, 3.8) is 0 Å². The SMILES string of the molecule is O=C1CCC(Nc2cccc(C3CCNCC3)c2F)C(=O)N1. The lowest BCUT2D eigenvalue weighted by atomic mass is 9.89. The smallest absolute Gasteiger partial charge is 0.249 e. The number of imide groups is 1. The van der Waals surface area contributed by atoms with Crippen LogP contribution in [0.15, 0.2) is 18.2 Å². The number of halogens is 1. The summed E-state index contributed by atoms with van der Waals surface area (Å²) in [5.41, 5.74) is 1.05. The van der Waals surface area contributed by atoms with Crippen LogP contribution in [0.4, 0.5) is 10.1 Å². The first-order valence-electron chi connectivity index (χ1n) is 7.74. The second-order valence-corrected chi connectivity index (χ2v) is 5.88. The van der Waals surface area contributed by atoms with E-state index in [2.05, 4.69) is 16.0 Å². The van der Waals surface area contributed by atoms with E-state index in [0.29, 0.717) is 17.7 Å². The highest BCUT2D eigenvalue weighted by Gasteiger charge is 2.28. The van der Waals surface area contributed by atoms with Crippen LogP contribution in [0.2, 0.25) is 0 Å². The molecule has 22 heavy (non-hydrogen) atoms. The van der Waals surface area contributed by atoms with Gasteiger partial charge in [-0.3, -0.25) is 14.9 Å². The Bertz CT molecular complexity index is 585. The first-order valence-corrected chi connectivity index (χ1v) is 7.74. The molecule has 0 aliphatic carbocycles. The van der Waals surface area contributed by atoms with Crippen molar-refractivity contribution in [2.45, 2.75) is 37.6 Å². The fourth-order valence-electron chi connectivity index (χ4n) is 3.13. The fraction of sp³-hybridized carbons (Fsp3) is 0.500. The molecule has 0 saturated carbocycles. The summed E-state index contributed by atoms with van der Waals surface area (Å²) < 4.78 is 14.7. The third kappa shape index (κ3) is 3.11. The Kier molecular flexibility index (Phi) is 4.38. The molecule has 0 bridgehead atoms. The molecule has 1 aromatic rings. The van der Waals surface area contributed by atoms with Crippen molar-refractivity contribution in [2.75, 3.05) is 18.4 Å². The molecule has 5 nitrogen and oxygen atoms in total. The summed E-state index contributed by atoms with van der Waals surface area (Å²) in [5.74, 6) is -0.723. The number of rotatable bonds is 3. The molecule has 1 aromatic carbocycles. The number of benzene rings is 1. The molecule has 2 amide bonds. The van der Waals surface area contributed by atoms with Crippen LogP contribution in [0.25, 0.3) is 0 Å². The molecule has 2 saturated heterocycles. The number of hydrogen-bond acceptors (Lipinski definition) is 4. The summed E-state index contributed by atoms with van der Waals surface area (Å²) in [4.78, 5) is 22.9. The van der Waals surface area contributed by atoms with Crippen LogP contribution in [0.1, 0.15) is 37.2 Å². The number of hydrogen-bond donors (Lipinski definition) is 3. The van der Waals surface area contributed by atoms with Gasteiger partial charge in [0.2, 0.25) is 11.8 Å². The minimum Gasteiger partial charge on any atom is -0.371 e. The van der Waals surface area contributed by atoms with Gasteiger partial charge in [0.1, 0.15) is 11.9 Å². The Labute approximate surface area is 128 Å². The molecule has 3 rings (SSSR count). The Morgan fingerprint density at radius 2 is 1.91 bits per heavy atom. The highest BCUT2D eigenvalue weighted by Crippen LogP contribution is 2.31. The van der Waals surface area contributed by atoms with Gasteiger partial charge in [-0.15, -0.1) is 0 Å². The molecule has 0 aromatic heterocycles. The molecular formula is C16H20FN3O2. The standard InChI is InChI=1S/C16H20FN3O2/c17-15-11(10-6-8-18-9-7-10)2-1-3-12(15)19-13-4-5-14(21)20-16(13)22/h1-3,10,13,18-19H,4-9H2,(H,20,21,22). The Morgan fingerprint density at radius 3 is 2.64 bits per heavy atom. The lowest BCUT2D eigenvalue weighted by Gasteiger charge is -2.26. The summed E-state index contributed by atoms with van der Waals surface area (Å²) in [6.45, 7) is 1.80. The van der Waals surface area contributed by atoms with Gasteiger partial charge in [-0.05, 0) is 49.9 Å². The zero-order chi connectivity index (χ0) is 15.5. The summed E-state index contributed by atoms with van der Waals surface area (Å²) in [5, 5.41) is 8.49. The molecule has 0 spiro atoms. The van der Waals surface area contributed by atoms with Crippen LogP contribution in [0.5, 0.6) is 0 Å². The molecule has 3 N–H and O–H groups in total. The van der Waals surface area contributed by atoms with Gasteiger partial charge < -0.3 is 10.6 Å². The number of amides is 2. The highest BCUT2D eigenvalue weighted by molar-refractivity contribution is 6.01. The van der Waals surface area contributed by atoms with Crippen LogP contribution in [-0.4, -0.2) is 30.9 Å². The highest BCUT2D eigenvalue weighted by atomic mass is 19.1. The van der Waals surface area contributed by atoms with Gasteiger partial charge in [0.15, 0.2) is 0 Å². The number of nitrogens with one attached hydrogen (secondary N) is 3. The summed E-state index contributed by atoms with van der Waals surface area (Å²) >= 11 is 0. The van der Waals surface area contributed by atoms with E-state index in [1.165, 1.54) is 0 Å². The molecule has 2 fully saturated rings. The van der Waals surface area contributed by atoms with Crippen molar-refractivity contribution in [3.8, 4) is 0 Å². The maximum atomic E-state index is 14.7. The average molecular weight is 305 g/mol. The molecular weight excluding hydrogens is 285 g/mol. The zero-order valence-corrected chi connectivity index (χ0v) is 12.3. The molecule has 2 heterocycles. The predicted octanol–water partition coefficient (Wildman–Crippen LogP) is 1.51. The van der Waals surface area contributed by atoms with E-state index >= 15 is 0 Å². The van der Waals surface area contributed by atoms with E-state index in [1.807, 2.05) is 12.1 Å². The van der Waals surface area contributed by atoms with Crippen molar-refractivity contribution in [2.24, 2.45) is 0 Å². The molecule has 6 heteroatoms. The van der Waals surface area contributed by atoms with Crippen molar-refractivity contribution >= 4 is 17.5 Å². The van der Waals surface area contributed by atoms with Gasteiger partial charge in [0.25, 0.3) is 0 Å². The first-order chi connectivity index (χ1) is 10.6. The third-order valence-corrected chi connectivity index (χ3v) is 4.38. The van der Waals surface area contributed by atoms with Crippen molar-refractivity contribution in [1.29, 1.82) is 0 Å². The normalized spacial score (nSPS) is 23.2. The van der Waals surface area contributed by atoms with Gasteiger partial charge in [0.05, 0.1) is 5.69 Å². The van der Waals surface area contributed by atoms with E-state index < -0.39 is 6.04 Å². The molecule has 1 atom stereocenters. The maximum absolute atomic E-state index is 14.7. The van der Waals surface area contributed by atoms with Crippen molar-refractivity contribution in [1.82, 2.24) is 10.6 Å². The van der Waals surface area contributed by atoms with Gasteiger partial charge in [-0.1, -0.05) is 12.1 Å². The number of anilines is 1. The lowest BCUT2D eigenvalue weighted by molar-refractivity contribution is -0.133. The second kappa shape index (κ2) is 6.44. The molecule has 2 aliphatic heterocycles. The predicted molar refractivity (Wildman–Crippen MR) is 81.0 cm³/mol. The molecule has 118 valence electrons. The third-order valence-electron chi connectivity index (χ3n) is 4.38. The van der Waals surface area contributed by atoms with Crippen molar-refractivity contribution < 1.29 is 14.0 Å². The molecule has 0 radical (unpaired) electrons. The van der Waals surface area contributed by atoms with Crippen molar-refractivity contribution in [3.05, 3.63) is 29.6 Å².